The second-order valence-corrected chi connectivity index (χ2v) is 13.9. The molecule has 2 rings (SSSR count). The van der Waals surface area contributed by atoms with Crippen LogP contribution in [0.1, 0.15) is 144 Å². The van der Waals surface area contributed by atoms with Crippen LogP contribution in [-0.4, -0.2) is 66.9 Å². The molecule has 0 aromatic rings. The molecule has 0 radical (unpaired) electrons. The Morgan fingerprint density at radius 1 is 0.795 bits per heavy atom. The summed E-state index contributed by atoms with van der Waals surface area (Å²) in [6.45, 7) is 11.8. The minimum atomic E-state index is -0.812. The smallest absolute Gasteiger partial charge is 0.249 e. The topological polar surface area (TPSA) is 109 Å². The van der Waals surface area contributed by atoms with Crippen LogP contribution in [0.25, 0.3) is 0 Å². The Hall–Kier alpha value is -1.97. The van der Waals surface area contributed by atoms with Gasteiger partial charge in [0.25, 0.3) is 0 Å². The molecule has 0 bridgehead atoms. The third kappa shape index (κ3) is 16.4. The van der Waals surface area contributed by atoms with E-state index in [4.69, 9.17) is 9.47 Å². The maximum Gasteiger partial charge on any atom is 0.249 e. The highest BCUT2D eigenvalue weighted by atomic mass is 16.7. The van der Waals surface area contributed by atoms with Crippen molar-refractivity contribution in [2.24, 2.45) is 5.41 Å². The maximum absolute atomic E-state index is 12.7. The van der Waals surface area contributed by atoms with Crippen molar-refractivity contribution in [3.05, 3.63) is 12.2 Å². The van der Waals surface area contributed by atoms with Crippen LogP contribution in [0, 0.1) is 5.41 Å². The first-order valence-corrected chi connectivity index (χ1v) is 17.6. The molecule has 0 aliphatic carbocycles. The molecule has 44 heavy (non-hydrogen) atoms. The number of hydrazine groups is 1. The van der Waals surface area contributed by atoms with Gasteiger partial charge in [0.05, 0.1) is 6.61 Å². The number of ether oxygens (including phenoxy) is 2. The van der Waals surface area contributed by atoms with Crippen molar-refractivity contribution < 1.29 is 23.9 Å². The molecular weight excluding hydrogens is 556 g/mol. The van der Waals surface area contributed by atoms with Crippen LogP contribution >= 0.6 is 0 Å². The second kappa shape index (κ2) is 20.9. The Balaban J connectivity index is 1.45. The molecule has 2 aliphatic rings. The summed E-state index contributed by atoms with van der Waals surface area (Å²) in [6, 6.07) is 0.0790. The zero-order valence-electron chi connectivity index (χ0n) is 28.6. The number of carbonyl (C=O) groups is 3. The first-order chi connectivity index (χ1) is 21.0. The van der Waals surface area contributed by atoms with E-state index in [-0.39, 0.29) is 36.7 Å². The Morgan fingerprint density at radius 3 is 2.02 bits per heavy atom. The predicted molar refractivity (Wildman–Crippen MR) is 177 cm³/mol. The largest absolute Gasteiger partial charge is 0.353 e. The average molecular weight is 621 g/mol. The van der Waals surface area contributed by atoms with Crippen LogP contribution in [0.15, 0.2) is 12.2 Å². The zero-order valence-corrected chi connectivity index (χ0v) is 28.6. The molecule has 254 valence electrons. The molecule has 2 saturated heterocycles. The molecule has 2 fully saturated rings. The highest BCUT2D eigenvalue weighted by molar-refractivity contribution is 5.83. The lowest BCUT2D eigenvalue weighted by Gasteiger charge is -2.44. The van der Waals surface area contributed by atoms with Crippen molar-refractivity contribution in [3.63, 3.8) is 0 Å². The summed E-state index contributed by atoms with van der Waals surface area (Å²) in [5.41, 5.74) is 2.59. The molecule has 3 N–H and O–H groups in total. The van der Waals surface area contributed by atoms with Crippen molar-refractivity contribution >= 4 is 17.7 Å². The van der Waals surface area contributed by atoms with Crippen LogP contribution in [0.5, 0.6) is 0 Å². The van der Waals surface area contributed by atoms with Gasteiger partial charge in [-0.15, -0.1) is 0 Å². The van der Waals surface area contributed by atoms with Gasteiger partial charge in [0.2, 0.25) is 17.7 Å². The molecule has 1 atom stereocenters. The van der Waals surface area contributed by atoms with Crippen molar-refractivity contribution in [2.75, 3.05) is 26.2 Å². The lowest BCUT2D eigenvalue weighted by molar-refractivity contribution is -0.304. The second-order valence-electron chi connectivity index (χ2n) is 13.9. The number of carbonyl (C=O) groups excluding carboxylic acids is 3. The quantitative estimate of drug-likeness (QED) is 0.102. The molecule has 2 heterocycles. The Kier molecular flexibility index (Phi) is 18.2. The van der Waals surface area contributed by atoms with Crippen LogP contribution in [0.2, 0.25) is 0 Å². The van der Waals surface area contributed by atoms with E-state index in [1.54, 1.807) is 13.8 Å². The fourth-order valence-electron chi connectivity index (χ4n) is 5.74. The molecule has 9 heteroatoms. The average Bonchev–Trinajstić information content (AvgIpc) is 2.97. The van der Waals surface area contributed by atoms with E-state index in [1.807, 2.05) is 18.9 Å². The summed E-state index contributed by atoms with van der Waals surface area (Å²) in [5.74, 6) is -1.02. The lowest BCUT2D eigenvalue weighted by atomic mass is 9.85. The summed E-state index contributed by atoms with van der Waals surface area (Å²) in [6.07, 6.45) is 22.6. The van der Waals surface area contributed by atoms with Crippen LogP contribution < -0.4 is 16.1 Å². The van der Waals surface area contributed by atoms with Crippen molar-refractivity contribution in [1.82, 2.24) is 21.1 Å². The SMILES string of the molecule is CCCCCCCCC=CCCCCCCCC(=O)NN1CCC(NC(=O)CCNC(=O)C2OC(C)(C)OCC2(C)C)CC1. The summed E-state index contributed by atoms with van der Waals surface area (Å²) in [4.78, 5) is 37.6. The number of hydrogen-bond acceptors (Lipinski definition) is 6. The lowest BCUT2D eigenvalue weighted by Crippen LogP contribution is -2.56. The van der Waals surface area contributed by atoms with E-state index < -0.39 is 17.3 Å². The molecule has 3 amide bonds. The van der Waals surface area contributed by atoms with Gasteiger partial charge < -0.3 is 20.1 Å². The molecule has 1 unspecified atom stereocenters. The predicted octanol–water partition coefficient (Wildman–Crippen LogP) is 6.32. The molecule has 0 aromatic heterocycles. The summed E-state index contributed by atoms with van der Waals surface area (Å²) < 4.78 is 11.5. The van der Waals surface area contributed by atoms with Gasteiger partial charge in [-0.05, 0) is 58.8 Å². The third-order valence-electron chi connectivity index (χ3n) is 8.60. The number of amides is 3. The fourth-order valence-corrected chi connectivity index (χ4v) is 5.74. The molecule has 0 aromatic carbocycles. The number of piperidine rings is 1. The van der Waals surface area contributed by atoms with Gasteiger partial charge in [-0.1, -0.05) is 84.3 Å². The van der Waals surface area contributed by atoms with E-state index in [0.29, 0.717) is 26.1 Å². The molecule has 9 nitrogen and oxygen atoms in total. The minimum absolute atomic E-state index is 0.0790. The van der Waals surface area contributed by atoms with Gasteiger partial charge in [0.1, 0.15) is 6.10 Å². The van der Waals surface area contributed by atoms with Gasteiger partial charge in [0.15, 0.2) is 5.79 Å². The first-order valence-electron chi connectivity index (χ1n) is 17.6. The van der Waals surface area contributed by atoms with E-state index in [1.165, 1.54) is 70.6 Å². The number of nitrogens with zero attached hydrogens (tertiary/aromatic N) is 1. The number of hydrogen-bond donors (Lipinski definition) is 3. The highest BCUT2D eigenvalue weighted by Gasteiger charge is 2.45. The molecule has 0 saturated carbocycles. The molecule has 2 aliphatic heterocycles. The van der Waals surface area contributed by atoms with Crippen LogP contribution in [0.4, 0.5) is 0 Å². The van der Waals surface area contributed by atoms with Gasteiger partial charge in [-0.3, -0.25) is 19.8 Å². The first kappa shape index (κ1) is 38.2. The van der Waals surface area contributed by atoms with E-state index in [0.717, 1.165) is 25.7 Å². The zero-order chi connectivity index (χ0) is 32.3. The van der Waals surface area contributed by atoms with E-state index >= 15 is 0 Å². The number of nitrogens with one attached hydrogen (secondary N) is 3. The Labute approximate surface area is 268 Å². The van der Waals surface area contributed by atoms with Crippen molar-refractivity contribution in [1.29, 1.82) is 0 Å². The summed E-state index contributed by atoms with van der Waals surface area (Å²) in [5, 5.41) is 7.90. The van der Waals surface area contributed by atoms with E-state index in [2.05, 4.69) is 35.1 Å². The standard InChI is InChI=1S/C35H64N4O5/c1-6-7-8-9-10-11-12-13-14-15-16-17-18-19-20-21-31(41)38-39-26-23-29(24-27-39)37-30(40)22-25-36-33(42)32-34(2,3)28-43-35(4,5)44-32/h13-14,29,32H,6-12,15-28H2,1-5H3,(H,36,42)(H,37,40)(H,38,41). The van der Waals surface area contributed by atoms with Gasteiger partial charge >= 0.3 is 0 Å². The van der Waals surface area contributed by atoms with Gasteiger partial charge in [-0.25, -0.2) is 5.01 Å². The van der Waals surface area contributed by atoms with Crippen LogP contribution in [-0.2, 0) is 23.9 Å². The van der Waals surface area contributed by atoms with Gasteiger partial charge in [0, 0.05) is 43.9 Å². The van der Waals surface area contributed by atoms with Gasteiger partial charge in [-0.2, -0.15) is 0 Å². The summed E-state index contributed by atoms with van der Waals surface area (Å²) in [7, 11) is 0. The number of rotatable bonds is 21. The fraction of sp³-hybridized carbons (Fsp3) is 0.857. The van der Waals surface area contributed by atoms with Crippen LogP contribution in [0.3, 0.4) is 0 Å². The van der Waals surface area contributed by atoms with E-state index in [9.17, 15) is 14.4 Å². The minimum Gasteiger partial charge on any atom is -0.353 e. The normalized spacial score (nSPS) is 20.4. The molecular formula is C35H64N4O5. The maximum atomic E-state index is 12.7. The highest BCUT2D eigenvalue weighted by Crippen LogP contribution is 2.34. The Morgan fingerprint density at radius 2 is 1.39 bits per heavy atom. The van der Waals surface area contributed by atoms with Crippen molar-refractivity contribution in [3.8, 4) is 0 Å². The molecule has 0 spiro atoms. The monoisotopic (exact) mass is 620 g/mol. The number of allylic oxidation sites excluding steroid dienone is 2. The number of unbranched alkanes of at least 4 members (excludes halogenated alkanes) is 11. The Bertz CT molecular complexity index is 867. The summed E-state index contributed by atoms with van der Waals surface area (Å²) >= 11 is 0. The van der Waals surface area contributed by atoms with Crippen molar-refractivity contribution in [2.45, 2.75) is 162 Å². The third-order valence-corrected chi connectivity index (χ3v) is 8.60.